The number of hydrogen-bond acceptors (Lipinski definition) is 8. The Hall–Kier alpha value is -3.63. The molecule has 1 amide bonds. The van der Waals surface area contributed by atoms with Crippen molar-refractivity contribution in [2.24, 2.45) is 5.73 Å². The third kappa shape index (κ3) is 4.10. The van der Waals surface area contributed by atoms with Crippen LogP contribution in [0.1, 0.15) is 28.4 Å². The van der Waals surface area contributed by atoms with Gasteiger partial charge in [-0.05, 0) is 42.1 Å². The van der Waals surface area contributed by atoms with E-state index in [9.17, 15) is 14.8 Å². The van der Waals surface area contributed by atoms with Crippen LogP contribution in [0, 0.1) is 0 Å². The van der Waals surface area contributed by atoms with Crippen molar-refractivity contribution in [3.8, 4) is 5.75 Å². The van der Waals surface area contributed by atoms with Gasteiger partial charge in [0.25, 0.3) is 0 Å². The summed E-state index contributed by atoms with van der Waals surface area (Å²) in [6, 6.07) is 12.5. The summed E-state index contributed by atoms with van der Waals surface area (Å²) < 4.78 is 5.41. The summed E-state index contributed by atoms with van der Waals surface area (Å²) >= 11 is 0. The number of primary amides is 1. The minimum atomic E-state index is -1.53. The predicted octanol–water partition coefficient (Wildman–Crippen LogP) is 0.959. The van der Waals surface area contributed by atoms with Gasteiger partial charge in [-0.15, -0.1) is 0 Å². The summed E-state index contributed by atoms with van der Waals surface area (Å²) in [5, 5.41) is 22.0. The van der Waals surface area contributed by atoms with Crippen LogP contribution in [0.5, 0.6) is 5.75 Å². The molecule has 164 valence electrons. The Kier molecular flexibility index (Phi) is 5.98. The zero-order chi connectivity index (χ0) is 22.8. The number of benzene rings is 2. The number of nitrogens with one attached hydrogen (secondary N) is 1. The second kappa shape index (κ2) is 8.85. The van der Waals surface area contributed by atoms with E-state index in [2.05, 4.69) is 15.3 Å². The number of ether oxygens (including phenoxy) is 1. The van der Waals surface area contributed by atoms with Gasteiger partial charge in [0.05, 0.1) is 13.3 Å². The van der Waals surface area contributed by atoms with Gasteiger partial charge in [-0.3, -0.25) is 4.79 Å². The van der Waals surface area contributed by atoms with Crippen molar-refractivity contribution < 1.29 is 19.6 Å². The molecule has 1 aliphatic rings. The first kappa shape index (κ1) is 21.6. The maximum atomic E-state index is 11.8. The van der Waals surface area contributed by atoms with Gasteiger partial charge in [0.15, 0.2) is 11.6 Å². The number of anilines is 3. The number of nitrogens with two attached hydrogens (primary N) is 1. The molecule has 2 heterocycles. The summed E-state index contributed by atoms with van der Waals surface area (Å²) in [4.78, 5) is 23.0. The molecular weight excluding hydrogens is 409 g/mol. The van der Waals surface area contributed by atoms with E-state index in [1.165, 1.54) is 0 Å². The minimum Gasteiger partial charge on any atom is -0.491 e. The average Bonchev–Trinajstić information content (AvgIpc) is 3.13. The van der Waals surface area contributed by atoms with E-state index in [1.807, 2.05) is 24.0 Å². The molecule has 1 aromatic heterocycles. The summed E-state index contributed by atoms with van der Waals surface area (Å²) in [5.41, 5.74) is 9.07. The summed E-state index contributed by atoms with van der Waals surface area (Å²) in [7, 11) is 0.0105. The Bertz CT molecular complexity index is 1160. The predicted molar refractivity (Wildman–Crippen MR) is 122 cm³/mol. The highest BCUT2D eigenvalue weighted by molar-refractivity contribution is 6.58. The van der Waals surface area contributed by atoms with Crippen LogP contribution in [0.25, 0.3) is 0 Å². The molecule has 0 saturated carbocycles. The molecule has 0 fully saturated rings. The summed E-state index contributed by atoms with van der Waals surface area (Å²) in [6.07, 6.45) is 2.25. The van der Waals surface area contributed by atoms with Crippen LogP contribution in [0.2, 0.25) is 0 Å². The Balaban J connectivity index is 1.64. The molecule has 9 nitrogen and oxygen atoms in total. The molecule has 0 bridgehead atoms. The second-order valence-electron chi connectivity index (χ2n) is 7.65. The van der Waals surface area contributed by atoms with Crippen molar-refractivity contribution in [1.29, 1.82) is 0 Å². The largest absolute Gasteiger partial charge is 0.491 e. The van der Waals surface area contributed by atoms with Crippen molar-refractivity contribution in [3.05, 3.63) is 65.4 Å². The van der Waals surface area contributed by atoms with E-state index in [4.69, 9.17) is 10.5 Å². The lowest BCUT2D eigenvalue weighted by molar-refractivity contribution is 0.0999. The van der Waals surface area contributed by atoms with Crippen molar-refractivity contribution in [1.82, 2.24) is 9.97 Å². The summed E-state index contributed by atoms with van der Waals surface area (Å²) in [5.74, 6) is 0.994. The van der Waals surface area contributed by atoms with E-state index in [0.717, 1.165) is 16.8 Å². The van der Waals surface area contributed by atoms with Crippen LogP contribution < -0.4 is 26.2 Å². The number of rotatable bonds is 7. The first-order valence-electron chi connectivity index (χ1n) is 10.2. The molecule has 5 N–H and O–H groups in total. The molecule has 32 heavy (non-hydrogen) atoms. The van der Waals surface area contributed by atoms with Crippen LogP contribution in [-0.4, -0.2) is 46.2 Å². The molecule has 2 aromatic carbocycles. The highest BCUT2D eigenvalue weighted by Crippen LogP contribution is 2.39. The van der Waals surface area contributed by atoms with Crippen LogP contribution >= 0.6 is 0 Å². The lowest BCUT2D eigenvalue weighted by Gasteiger charge is -2.23. The second-order valence-corrected chi connectivity index (χ2v) is 7.65. The quantitative estimate of drug-likeness (QED) is 0.405. The van der Waals surface area contributed by atoms with Gasteiger partial charge in [-0.2, -0.15) is 4.98 Å². The maximum Gasteiger partial charge on any atom is 0.488 e. The summed E-state index contributed by atoms with van der Waals surface area (Å²) in [6.45, 7) is 2.43. The zero-order valence-corrected chi connectivity index (χ0v) is 17.8. The number of fused-ring (bicyclic) bond motifs is 1. The molecule has 3 aromatic rings. The maximum absolute atomic E-state index is 11.8. The fourth-order valence-electron chi connectivity index (χ4n) is 3.98. The monoisotopic (exact) mass is 433 g/mol. The number of hydrogen-bond donors (Lipinski definition) is 4. The molecule has 1 atom stereocenters. The zero-order valence-electron chi connectivity index (χ0n) is 17.8. The third-order valence-electron chi connectivity index (χ3n) is 5.50. The molecular formula is C22H24BN5O4. The van der Waals surface area contributed by atoms with Gasteiger partial charge in [0.2, 0.25) is 11.9 Å². The Morgan fingerprint density at radius 3 is 2.81 bits per heavy atom. The third-order valence-corrected chi connectivity index (χ3v) is 5.50. The molecule has 0 aliphatic carbocycles. The molecule has 1 unspecified atom stereocenters. The van der Waals surface area contributed by atoms with Crippen molar-refractivity contribution in [3.63, 3.8) is 0 Å². The van der Waals surface area contributed by atoms with Gasteiger partial charge in [0.1, 0.15) is 0 Å². The number of aromatic nitrogens is 2. The fraction of sp³-hybridized carbons (Fsp3) is 0.227. The first-order valence-corrected chi connectivity index (χ1v) is 10.2. The minimum absolute atomic E-state index is 0.0365. The average molecular weight is 433 g/mol. The highest BCUT2D eigenvalue weighted by Gasteiger charge is 2.32. The fourth-order valence-corrected chi connectivity index (χ4v) is 3.98. The SMILES string of the molecule is COc1cnc(N2c3cccc(C(N)=O)c3CC2C)nc1NCc1cccc(B(O)O)c1. The molecule has 10 heteroatoms. The smallest absolute Gasteiger partial charge is 0.488 e. The van der Waals surface area contributed by atoms with Crippen LogP contribution in [0.15, 0.2) is 48.7 Å². The van der Waals surface area contributed by atoms with Gasteiger partial charge in [-0.25, -0.2) is 4.98 Å². The molecule has 4 rings (SSSR count). The van der Waals surface area contributed by atoms with Gasteiger partial charge in [0, 0.05) is 23.8 Å². The molecule has 0 spiro atoms. The van der Waals surface area contributed by atoms with Crippen LogP contribution in [0.4, 0.5) is 17.5 Å². The Labute approximate surface area is 186 Å². The van der Waals surface area contributed by atoms with Gasteiger partial charge in [-0.1, -0.05) is 30.3 Å². The highest BCUT2D eigenvalue weighted by atomic mass is 16.5. The number of methoxy groups -OCH3 is 1. The molecule has 1 aliphatic heterocycles. The van der Waals surface area contributed by atoms with Gasteiger partial charge < -0.3 is 30.7 Å². The number of carbonyl (C=O) groups excluding carboxylic acids is 1. The number of amides is 1. The lowest BCUT2D eigenvalue weighted by atomic mass is 9.80. The van der Waals surface area contributed by atoms with Crippen molar-refractivity contribution in [2.45, 2.75) is 25.9 Å². The van der Waals surface area contributed by atoms with E-state index < -0.39 is 13.0 Å². The van der Waals surface area contributed by atoms with Crippen molar-refractivity contribution in [2.75, 3.05) is 17.3 Å². The van der Waals surface area contributed by atoms with E-state index >= 15 is 0 Å². The Morgan fingerprint density at radius 2 is 2.09 bits per heavy atom. The first-order chi connectivity index (χ1) is 15.4. The standard InChI is InChI=1S/C22H24BN5O4/c1-13-9-17-16(20(24)29)7-4-8-18(17)28(13)22-26-12-19(32-2)21(27-22)25-11-14-5-3-6-15(10-14)23(30)31/h3-8,10,12-13,30-31H,9,11H2,1-2H3,(H2,24,29)(H,25,26,27). The topological polar surface area (TPSA) is 134 Å². The van der Waals surface area contributed by atoms with Gasteiger partial charge >= 0.3 is 7.12 Å². The molecule has 0 saturated heterocycles. The van der Waals surface area contributed by atoms with Crippen LogP contribution in [0.3, 0.4) is 0 Å². The van der Waals surface area contributed by atoms with E-state index in [-0.39, 0.29) is 6.04 Å². The Morgan fingerprint density at radius 1 is 1.31 bits per heavy atom. The molecule has 0 radical (unpaired) electrons. The lowest BCUT2D eigenvalue weighted by Crippen LogP contribution is -2.30. The van der Waals surface area contributed by atoms with Crippen LogP contribution in [-0.2, 0) is 13.0 Å². The van der Waals surface area contributed by atoms with Crippen molar-refractivity contribution >= 4 is 35.9 Å². The number of nitrogens with zero attached hydrogens (tertiary/aromatic N) is 3. The van der Waals surface area contributed by atoms with E-state index in [0.29, 0.717) is 41.5 Å². The van der Waals surface area contributed by atoms with E-state index in [1.54, 1.807) is 43.6 Å². The normalized spacial score (nSPS) is 14.8. The number of carbonyl (C=O) groups is 1.